The van der Waals surface area contributed by atoms with Gasteiger partial charge in [-0.1, -0.05) is 6.42 Å². The first kappa shape index (κ1) is 14.0. The fourth-order valence-corrected chi connectivity index (χ4v) is 2.47. The molecule has 5 heteroatoms. The summed E-state index contributed by atoms with van der Waals surface area (Å²) in [5.41, 5.74) is 0. The van der Waals surface area contributed by atoms with Crippen molar-refractivity contribution >= 4 is 11.9 Å². The first-order valence-corrected chi connectivity index (χ1v) is 6.12. The van der Waals surface area contributed by atoms with E-state index >= 15 is 0 Å². The molecule has 0 spiro atoms. The number of carboxylic acids is 1. The molecule has 1 rings (SSSR count). The summed E-state index contributed by atoms with van der Waals surface area (Å²) in [6.45, 7) is 2.68. The molecule has 98 valence electrons. The lowest BCUT2D eigenvalue weighted by atomic mass is 9.97. The van der Waals surface area contributed by atoms with Crippen molar-refractivity contribution in [3.8, 4) is 0 Å². The van der Waals surface area contributed by atoms with E-state index in [9.17, 15) is 9.59 Å². The largest absolute Gasteiger partial charge is 0.481 e. The molecule has 1 heterocycles. The summed E-state index contributed by atoms with van der Waals surface area (Å²) in [6.07, 6.45) is 3.10. The van der Waals surface area contributed by atoms with Crippen molar-refractivity contribution in [1.29, 1.82) is 0 Å². The fourth-order valence-electron chi connectivity index (χ4n) is 2.47. The lowest BCUT2D eigenvalue weighted by Crippen LogP contribution is -2.51. The van der Waals surface area contributed by atoms with Gasteiger partial charge in [-0.2, -0.15) is 0 Å². The average Bonchev–Trinajstić information content (AvgIpc) is 2.27. The van der Waals surface area contributed by atoms with E-state index in [0.29, 0.717) is 0 Å². The van der Waals surface area contributed by atoms with Gasteiger partial charge >= 0.3 is 5.97 Å². The highest BCUT2D eigenvalue weighted by atomic mass is 16.4. The van der Waals surface area contributed by atoms with E-state index in [0.717, 1.165) is 25.8 Å². The number of hydrogen-bond donors (Lipinski definition) is 1. The van der Waals surface area contributed by atoms with Crippen LogP contribution in [0, 0.1) is 0 Å². The van der Waals surface area contributed by atoms with E-state index < -0.39 is 5.97 Å². The summed E-state index contributed by atoms with van der Waals surface area (Å²) in [4.78, 5) is 26.3. The van der Waals surface area contributed by atoms with Crippen LogP contribution >= 0.6 is 0 Å². The SMILES string of the molecule is CC(C(=O)N(C)C)N1CCCCC1CC(=O)O. The van der Waals surface area contributed by atoms with E-state index in [2.05, 4.69) is 0 Å². The van der Waals surface area contributed by atoms with Crippen LogP contribution in [0.4, 0.5) is 0 Å². The Morgan fingerprint density at radius 1 is 1.41 bits per heavy atom. The number of carboxylic acid groups (broad SMARTS) is 1. The van der Waals surface area contributed by atoms with Gasteiger partial charge in [-0.3, -0.25) is 14.5 Å². The van der Waals surface area contributed by atoms with E-state index in [1.54, 1.807) is 19.0 Å². The Bertz CT molecular complexity index is 291. The molecule has 1 fully saturated rings. The molecule has 0 saturated carbocycles. The maximum Gasteiger partial charge on any atom is 0.304 e. The van der Waals surface area contributed by atoms with Crippen molar-refractivity contribution in [3.05, 3.63) is 0 Å². The minimum atomic E-state index is -0.786. The van der Waals surface area contributed by atoms with Crippen molar-refractivity contribution in [2.45, 2.75) is 44.7 Å². The summed E-state index contributed by atoms with van der Waals surface area (Å²) in [7, 11) is 3.46. The van der Waals surface area contributed by atoms with Crippen LogP contribution in [0.2, 0.25) is 0 Å². The lowest BCUT2D eigenvalue weighted by Gasteiger charge is -2.39. The summed E-state index contributed by atoms with van der Waals surface area (Å²) in [5, 5.41) is 8.89. The number of hydrogen-bond acceptors (Lipinski definition) is 3. The molecule has 1 aliphatic heterocycles. The lowest BCUT2D eigenvalue weighted by molar-refractivity contribution is -0.142. The maximum atomic E-state index is 11.9. The van der Waals surface area contributed by atoms with Crippen LogP contribution in [0.25, 0.3) is 0 Å². The van der Waals surface area contributed by atoms with Crippen LogP contribution in [0.5, 0.6) is 0 Å². The van der Waals surface area contributed by atoms with Crippen LogP contribution in [0.3, 0.4) is 0 Å². The summed E-state index contributed by atoms with van der Waals surface area (Å²) in [6, 6.07) is -0.227. The number of rotatable bonds is 4. The number of likely N-dealkylation sites (N-methyl/N-ethyl adjacent to an activating group) is 1. The van der Waals surface area contributed by atoms with Crippen molar-refractivity contribution in [1.82, 2.24) is 9.80 Å². The summed E-state index contributed by atoms with van der Waals surface area (Å²) >= 11 is 0. The molecule has 1 amide bonds. The minimum Gasteiger partial charge on any atom is -0.481 e. The topological polar surface area (TPSA) is 60.9 Å². The van der Waals surface area contributed by atoms with Gasteiger partial charge in [-0.05, 0) is 26.3 Å². The Balaban J connectivity index is 2.70. The summed E-state index contributed by atoms with van der Waals surface area (Å²) in [5.74, 6) is -0.742. The molecule has 2 atom stereocenters. The predicted octanol–water partition coefficient (Wildman–Crippen LogP) is 0.792. The van der Waals surface area contributed by atoms with Gasteiger partial charge < -0.3 is 10.0 Å². The van der Waals surface area contributed by atoms with Crippen LogP contribution < -0.4 is 0 Å². The third-order valence-electron chi connectivity index (χ3n) is 3.38. The van der Waals surface area contributed by atoms with E-state index in [4.69, 9.17) is 5.11 Å². The first-order valence-electron chi connectivity index (χ1n) is 6.12. The quantitative estimate of drug-likeness (QED) is 0.792. The summed E-state index contributed by atoms with van der Waals surface area (Å²) < 4.78 is 0. The number of carbonyl (C=O) groups is 2. The zero-order valence-corrected chi connectivity index (χ0v) is 10.8. The molecule has 0 aromatic rings. The van der Waals surface area contributed by atoms with Gasteiger partial charge in [0, 0.05) is 20.1 Å². The molecule has 0 aromatic carbocycles. The van der Waals surface area contributed by atoms with Gasteiger partial charge in [0.25, 0.3) is 0 Å². The smallest absolute Gasteiger partial charge is 0.304 e. The molecule has 2 unspecified atom stereocenters. The average molecular weight is 242 g/mol. The second-order valence-electron chi connectivity index (χ2n) is 4.89. The van der Waals surface area contributed by atoms with Gasteiger partial charge in [0.15, 0.2) is 0 Å². The molecular weight excluding hydrogens is 220 g/mol. The highest BCUT2D eigenvalue weighted by molar-refractivity contribution is 5.81. The molecule has 0 radical (unpaired) electrons. The van der Waals surface area contributed by atoms with Crippen molar-refractivity contribution in [2.24, 2.45) is 0 Å². The number of aliphatic carboxylic acids is 1. The Hall–Kier alpha value is -1.10. The molecule has 17 heavy (non-hydrogen) atoms. The third-order valence-corrected chi connectivity index (χ3v) is 3.38. The number of likely N-dealkylation sites (tertiary alicyclic amines) is 1. The van der Waals surface area contributed by atoms with E-state index in [1.165, 1.54) is 0 Å². The van der Waals surface area contributed by atoms with Crippen molar-refractivity contribution in [3.63, 3.8) is 0 Å². The fraction of sp³-hybridized carbons (Fsp3) is 0.833. The van der Waals surface area contributed by atoms with Gasteiger partial charge in [0.05, 0.1) is 12.5 Å². The zero-order valence-electron chi connectivity index (χ0n) is 10.8. The predicted molar refractivity (Wildman–Crippen MR) is 64.8 cm³/mol. The zero-order chi connectivity index (χ0) is 13.0. The van der Waals surface area contributed by atoms with Crippen LogP contribution in [-0.4, -0.2) is 59.5 Å². The Kier molecular flexibility index (Phi) is 4.93. The second kappa shape index (κ2) is 6.00. The molecule has 1 aliphatic rings. The van der Waals surface area contributed by atoms with E-state index in [1.807, 2.05) is 11.8 Å². The van der Waals surface area contributed by atoms with Gasteiger partial charge in [-0.15, -0.1) is 0 Å². The number of nitrogens with zero attached hydrogens (tertiary/aromatic N) is 2. The maximum absolute atomic E-state index is 11.9. The van der Waals surface area contributed by atoms with Gasteiger partial charge in [-0.25, -0.2) is 0 Å². The van der Waals surface area contributed by atoms with Crippen LogP contribution in [-0.2, 0) is 9.59 Å². The molecular formula is C12H22N2O3. The highest BCUT2D eigenvalue weighted by Gasteiger charge is 2.31. The Morgan fingerprint density at radius 2 is 2.06 bits per heavy atom. The number of piperidine rings is 1. The molecule has 0 bridgehead atoms. The standard InChI is InChI=1S/C12H22N2O3/c1-9(12(17)13(2)3)14-7-5-4-6-10(14)8-11(15)16/h9-10H,4-8H2,1-3H3,(H,15,16). The molecule has 1 saturated heterocycles. The van der Waals surface area contributed by atoms with Gasteiger partial charge in [0.1, 0.15) is 0 Å². The van der Waals surface area contributed by atoms with Crippen molar-refractivity contribution in [2.75, 3.05) is 20.6 Å². The van der Waals surface area contributed by atoms with Crippen LogP contribution in [0.15, 0.2) is 0 Å². The number of amides is 1. The Labute approximate surface area is 102 Å². The second-order valence-corrected chi connectivity index (χ2v) is 4.89. The van der Waals surface area contributed by atoms with Crippen molar-refractivity contribution < 1.29 is 14.7 Å². The van der Waals surface area contributed by atoms with Gasteiger partial charge in [0.2, 0.25) is 5.91 Å². The molecule has 1 N–H and O–H groups in total. The first-order chi connectivity index (χ1) is 7.93. The highest BCUT2D eigenvalue weighted by Crippen LogP contribution is 2.22. The molecule has 5 nitrogen and oxygen atoms in total. The molecule has 0 aromatic heterocycles. The monoisotopic (exact) mass is 242 g/mol. The normalized spacial score (nSPS) is 23.1. The Morgan fingerprint density at radius 3 is 2.59 bits per heavy atom. The molecule has 0 aliphatic carbocycles. The van der Waals surface area contributed by atoms with E-state index in [-0.39, 0.29) is 24.4 Å². The third kappa shape index (κ3) is 3.70. The number of carbonyl (C=O) groups excluding carboxylic acids is 1. The van der Waals surface area contributed by atoms with Crippen LogP contribution in [0.1, 0.15) is 32.6 Å². The minimum absolute atomic E-state index is 0.000139.